The van der Waals surface area contributed by atoms with Crippen LogP contribution in [-0.4, -0.2) is 18.4 Å². The van der Waals surface area contributed by atoms with E-state index in [1.165, 1.54) is 12.1 Å². The van der Waals surface area contributed by atoms with Crippen LogP contribution in [0.4, 0.5) is 4.39 Å². The summed E-state index contributed by atoms with van der Waals surface area (Å²) >= 11 is 0. The molecule has 1 saturated heterocycles. The van der Waals surface area contributed by atoms with Gasteiger partial charge in [-0.2, -0.15) is 0 Å². The van der Waals surface area contributed by atoms with E-state index in [4.69, 9.17) is 4.74 Å². The highest BCUT2D eigenvalue weighted by atomic mass is 19.1. The lowest BCUT2D eigenvalue weighted by Crippen LogP contribution is -2.40. The van der Waals surface area contributed by atoms with Gasteiger partial charge in [0.25, 0.3) is 0 Å². The maximum atomic E-state index is 13.2. The molecule has 0 aromatic heterocycles. The quantitative estimate of drug-likeness (QED) is 0.878. The van der Waals surface area contributed by atoms with Crippen molar-refractivity contribution in [3.8, 4) is 11.5 Å². The SMILES string of the molecule is O=C1CC(C(=O)NCc2cccc(Oc3cccc(F)c3)c2)CCN1. The number of hydrogen-bond acceptors (Lipinski definition) is 3. The van der Waals surface area contributed by atoms with E-state index in [0.29, 0.717) is 31.0 Å². The molecular formula is C19H19FN2O3. The number of rotatable bonds is 5. The Kier molecular flexibility index (Phi) is 5.28. The molecule has 0 aliphatic carbocycles. The van der Waals surface area contributed by atoms with E-state index < -0.39 is 0 Å². The van der Waals surface area contributed by atoms with Crippen LogP contribution in [-0.2, 0) is 16.1 Å². The van der Waals surface area contributed by atoms with Crippen molar-refractivity contribution < 1.29 is 18.7 Å². The van der Waals surface area contributed by atoms with Gasteiger partial charge in [-0.25, -0.2) is 4.39 Å². The Hall–Kier alpha value is -2.89. The van der Waals surface area contributed by atoms with Crippen molar-refractivity contribution in [2.75, 3.05) is 6.54 Å². The lowest BCUT2D eigenvalue weighted by atomic mass is 9.96. The van der Waals surface area contributed by atoms with Gasteiger partial charge < -0.3 is 15.4 Å². The van der Waals surface area contributed by atoms with E-state index in [2.05, 4.69) is 10.6 Å². The van der Waals surface area contributed by atoms with Gasteiger partial charge in [0, 0.05) is 31.5 Å². The zero-order valence-electron chi connectivity index (χ0n) is 13.6. The summed E-state index contributed by atoms with van der Waals surface area (Å²) in [5.41, 5.74) is 0.863. The molecule has 1 aliphatic heterocycles. The van der Waals surface area contributed by atoms with Crippen molar-refractivity contribution in [1.82, 2.24) is 10.6 Å². The highest BCUT2D eigenvalue weighted by Crippen LogP contribution is 2.23. The standard InChI is InChI=1S/C19H19FN2O3/c20-15-4-2-6-17(11-15)25-16-5-1-3-13(9-16)12-22-19(24)14-7-8-21-18(23)10-14/h1-6,9,11,14H,7-8,10,12H2,(H,21,23)(H,22,24). The molecule has 0 spiro atoms. The van der Waals surface area contributed by atoms with Crippen LogP contribution in [0, 0.1) is 11.7 Å². The monoisotopic (exact) mass is 342 g/mol. The molecule has 6 heteroatoms. The molecule has 2 aromatic carbocycles. The van der Waals surface area contributed by atoms with Crippen LogP contribution in [0.15, 0.2) is 48.5 Å². The first-order valence-corrected chi connectivity index (χ1v) is 8.17. The molecule has 0 radical (unpaired) electrons. The predicted molar refractivity (Wildman–Crippen MR) is 90.5 cm³/mol. The summed E-state index contributed by atoms with van der Waals surface area (Å²) in [6, 6.07) is 13.1. The number of halogens is 1. The Bertz CT molecular complexity index is 779. The number of hydrogen-bond donors (Lipinski definition) is 2. The fraction of sp³-hybridized carbons (Fsp3) is 0.263. The number of amides is 2. The Morgan fingerprint density at radius 1 is 1.20 bits per heavy atom. The van der Waals surface area contributed by atoms with Gasteiger partial charge in [0.15, 0.2) is 0 Å². The first kappa shape index (κ1) is 17.0. The summed E-state index contributed by atoms with van der Waals surface area (Å²) in [6.45, 7) is 0.880. The topological polar surface area (TPSA) is 67.4 Å². The molecule has 1 aliphatic rings. The maximum absolute atomic E-state index is 13.2. The van der Waals surface area contributed by atoms with Crippen LogP contribution >= 0.6 is 0 Å². The average Bonchev–Trinajstić information content (AvgIpc) is 2.60. The molecule has 1 unspecified atom stereocenters. The third-order valence-corrected chi connectivity index (χ3v) is 4.01. The summed E-state index contributed by atoms with van der Waals surface area (Å²) < 4.78 is 18.8. The van der Waals surface area contributed by atoms with E-state index in [-0.39, 0.29) is 30.0 Å². The van der Waals surface area contributed by atoms with Crippen LogP contribution in [0.5, 0.6) is 11.5 Å². The fourth-order valence-electron chi connectivity index (χ4n) is 2.73. The average molecular weight is 342 g/mol. The number of piperidine rings is 1. The molecule has 2 amide bonds. The van der Waals surface area contributed by atoms with E-state index in [0.717, 1.165) is 5.56 Å². The van der Waals surface area contributed by atoms with Gasteiger partial charge in [-0.3, -0.25) is 9.59 Å². The van der Waals surface area contributed by atoms with Gasteiger partial charge >= 0.3 is 0 Å². The van der Waals surface area contributed by atoms with Crippen LogP contribution in [0.3, 0.4) is 0 Å². The van der Waals surface area contributed by atoms with Gasteiger partial charge in [0.05, 0.1) is 0 Å². The second-order valence-corrected chi connectivity index (χ2v) is 5.96. The van der Waals surface area contributed by atoms with Gasteiger partial charge in [0.1, 0.15) is 17.3 Å². The molecular weight excluding hydrogens is 323 g/mol. The predicted octanol–water partition coefficient (Wildman–Crippen LogP) is 2.76. The molecule has 130 valence electrons. The lowest BCUT2D eigenvalue weighted by Gasteiger charge is -2.21. The third-order valence-electron chi connectivity index (χ3n) is 4.01. The number of benzene rings is 2. The minimum absolute atomic E-state index is 0.0862. The summed E-state index contributed by atoms with van der Waals surface area (Å²) in [5.74, 6) is 0.130. The Morgan fingerprint density at radius 3 is 2.72 bits per heavy atom. The first-order valence-electron chi connectivity index (χ1n) is 8.17. The van der Waals surface area contributed by atoms with Crippen LogP contribution in [0.1, 0.15) is 18.4 Å². The van der Waals surface area contributed by atoms with Gasteiger partial charge in [-0.15, -0.1) is 0 Å². The normalized spacial score (nSPS) is 16.8. The Balaban J connectivity index is 1.58. The number of carbonyl (C=O) groups is 2. The first-order chi connectivity index (χ1) is 12.1. The largest absolute Gasteiger partial charge is 0.457 e. The summed E-state index contributed by atoms with van der Waals surface area (Å²) in [4.78, 5) is 23.5. The maximum Gasteiger partial charge on any atom is 0.223 e. The van der Waals surface area contributed by atoms with Gasteiger partial charge in [-0.05, 0) is 36.2 Å². The van der Waals surface area contributed by atoms with E-state index in [1.807, 2.05) is 12.1 Å². The van der Waals surface area contributed by atoms with Crippen LogP contribution < -0.4 is 15.4 Å². The van der Waals surface area contributed by atoms with Crippen LogP contribution in [0.25, 0.3) is 0 Å². The molecule has 3 rings (SSSR count). The van der Waals surface area contributed by atoms with E-state index >= 15 is 0 Å². The molecule has 1 fully saturated rings. The Morgan fingerprint density at radius 2 is 1.96 bits per heavy atom. The molecule has 25 heavy (non-hydrogen) atoms. The van der Waals surface area contributed by atoms with Crippen molar-refractivity contribution in [2.24, 2.45) is 5.92 Å². The zero-order chi connectivity index (χ0) is 17.6. The summed E-state index contributed by atoms with van der Waals surface area (Å²) in [5, 5.41) is 5.57. The molecule has 1 heterocycles. The van der Waals surface area contributed by atoms with Gasteiger partial charge in [-0.1, -0.05) is 18.2 Å². The van der Waals surface area contributed by atoms with E-state index in [9.17, 15) is 14.0 Å². The third kappa shape index (κ3) is 4.79. The summed E-state index contributed by atoms with van der Waals surface area (Å²) in [7, 11) is 0. The molecule has 1 atom stereocenters. The van der Waals surface area contributed by atoms with E-state index in [1.54, 1.807) is 24.3 Å². The fourth-order valence-corrected chi connectivity index (χ4v) is 2.73. The molecule has 5 nitrogen and oxygen atoms in total. The minimum Gasteiger partial charge on any atom is -0.457 e. The van der Waals surface area contributed by atoms with Crippen molar-refractivity contribution in [3.05, 3.63) is 59.9 Å². The van der Waals surface area contributed by atoms with Crippen molar-refractivity contribution >= 4 is 11.8 Å². The van der Waals surface area contributed by atoms with Crippen LogP contribution in [0.2, 0.25) is 0 Å². The highest BCUT2D eigenvalue weighted by Gasteiger charge is 2.25. The van der Waals surface area contributed by atoms with Crippen molar-refractivity contribution in [1.29, 1.82) is 0 Å². The van der Waals surface area contributed by atoms with Gasteiger partial charge in [0.2, 0.25) is 11.8 Å². The number of carbonyl (C=O) groups excluding carboxylic acids is 2. The number of nitrogens with one attached hydrogen (secondary N) is 2. The smallest absolute Gasteiger partial charge is 0.223 e. The molecule has 2 N–H and O–H groups in total. The van der Waals surface area contributed by atoms with Crippen molar-refractivity contribution in [2.45, 2.75) is 19.4 Å². The molecule has 0 bridgehead atoms. The summed E-state index contributed by atoms with van der Waals surface area (Å²) in [6.07, 6.45) is 0.884. The highest BCUT2D eigenvalue weighted by molar-refractivity contribution is 5.86. The minimum atomic E-state index is -0.363. The molecule has 0 saturated carbocycles. The second-order valence-electron chi connectivity index (χ2n) is 5.96. The lowest BCUT2D eigenvalue weighted by molar-refractivity contribution is -0.132. The Labute approximate surface area is 145 Å². The molecule has 2 aromatic rings. The zero-order valence-corrected chi connectivity index (χ0v) is 13.6. The van der Waals surface area contributed by atoms with Crippen molar-refractivity contribution in [3.63, 3.8) is 0 Å². The number of ether oxygens (including phenoxy) is 1. The second kappa shape index (κ2) is 7.79.